The third-order valence-corrected chi connectivity index (χ3v) is 3.04. The monoisotopic (exact) mass is 273 g/mol. The maximum Gasteiger partial charge on any atom is 0.273 e. The summed E-state index contributed by atoms with van der Waals surface area (Å²) < 4.78 is 1.57. The molecule has 0 fully saturated rings. The second-order valence-electron chi connectivity index (χ2n) is 4.78. The fourth-order valence-corrected chi connectivity index (χ4v) is 2.11. The van der Waals surface area contributed by atoms with Crippen molar-refractivity contribution >= 4 is 11.6 Å². The van der Waals surface area contributed by atoms with Crippen LogP contribution in [-0.2, 0) is 13.5 Å². The van der Waals surface area contributed by atoms with Crippen molar-refractivity contribution in [2.45, 2.75) is 19.8 Å². The van der Waals surface area contributed by atoms with E-state index in [9.17, 15) is 4.79 Å². The number of aryl methyl sites for hydroxylation is 3. The van der Waals surface area contributed by atoms with Crippen LogP contribution in [0.1, 0.15) is 28.2 Å². The Bertz CT molecular complexity index is 605. The number of nitrogens with zero attached hydrogens (tertiary/aromatic N) is 2. The van der Waals surface area contributed by atoms with E-state index in [0.717, 1.165) is 29.8 Å². The smallest absolute Gasteiger partial charge is 0.273 e. The first kappa shape index (κ1) is 14.3. The van der Waals surface area contributed by atoms with E-state index >= 15 is 0 Å². The Morgan fingerprint density at radius 1 is 1.40 bits per heavy atom. The molecule has 5 heteroatoms. The van der Waals surface area contributed by atoms with Crippen LogP contribution in [0.25, 0.3) is 0 Å². The average molecular weight is 273 g/mol. The molecule has 2 rings (SSSR count). The fraction of sp³-hybridized carbons (Fsp3) is 0.333. The number of nitrogens with one attached hydrogen (secondary N) is 1. The SMILES string of the molecule is Cc1cc(C(=O)Nc2cccc(CCCO)c2)n(C)n1. The Kier molecular flexibility index (Phi) is 4.53. The second kappa shape index (κ2) is 6.34. The Morgan fingerprint density at radius 3 is 2.85 bits per heavy atom. The highest BCUT2D eigenvalue weighted by atomic mass is 16.2. The highest BCUT2D eigenvalue weighted by Crippen LogP contribution is 2.14. The van der Waals surface area contributed by atoms with Crippen molar-refractivity contribution in [2.75, 3.05) is 11.9 Å². The molecule has 0 aliphatic rings. The lowest BCUT2D eigenvalue weighted by Gasteiger charge is -2.07. The molecule has 20 heavy (non-hydrogen) atoms. The largest absolute Gasteiger partial charge is 0.396 e. The van der Waals surface area contributed by atoms with Crippen LogP contribution < -0.4 is 5.32 Å². The van der Waals surface area contributed by atoms with Crippen molar-refractivity contribution < 1.29 is 9.90 Å². The minimum Gasteiger partial charge on any atom is -0.396 e. The van der Waals surface area contributed by atoms with Gasteiger partial charge in [-0.15, -0.1) is 0 Å². The van der Waals surface area contributed by atoms with Gasteiger partial charge in [-0.2, -0.15) is 5.10 Å². The number of amides is 1. The third-order valence-electron chi connectivity index (χ3n) is 3.04. The lowest BCUT2D eigenvalue weighted by molar-refractivity contribution is 0.101. The zero-order chi connectivity index (χ0) is 14.5. The molecule has 0 unspecified atom stereocenters. The van der Waals surface area contributed by atoms with Gasteiger partial charge in [0, 0.05) is 19.3 Å². The molecule has 1 aromatic heterocycles. The molecule has 1 aromatic carbocycles. The number of aliphatic hydroxyl groups is 1. The summed E-state index contributed by atoms with van der Waals surface area (Å²) in [5.74, 6) is -0.174. The van der Waals surface area contributed by atoms with Gasteiger partial charge in [-0.1, -0.05) is 12.1 Å². The molecule has 0 aliphatic heterocycles. The molecule has 1 heterocycles. The van der Waals surface area contributed by atoms with Crippen LogP contribution in [-0.4, -0.2) is 27.4 Å². The van der Waals surface area contributed by atoms with Gasteiger partial charge in [0.05, 0.1) is 5.69 Å². The number of benzene rings is 1. The van der Waals surface area contributed by atoms with E-state index in [-0.39, 0.29) is 12.5 Å². The number of carbonyl (C=O) groups is 1. The molecule has 2 aromatic rings. The molecule has 0 atom stereocenters. The van der Waals surface area contributed by atoms with Crippen LogP contribution in [0.3, 0.4) is 0 Å². The highest BCUT2D eigenvalue weighted by Gasteiger charge is 2.11. The van der Waals surface area contributed by atoms with Crippen LogP contribution in [0.15, 0.2) is 30.3 Å². The minimum absolute atomic E-state index is 0.172. The zero-order valence-corrected chi connectivity index (χ0v) is 11.8. The molecule has 0 radical (unpaired) electrons. The lowest BCUT2D eigenvalue weighted by atomic mass is 10.1. The first-order chi connectivity index (χ1) is 9.60. The van der Waals surface area contributed by atoms with Crippen LogP contribution in [0, 0.1) is 6.92 Å². The number of anilines is 1. The van der Waals surface area contributed by atoms with Crippen LogP contribution >= 0.6 is 0 Å². The van der Waals surface area contributed by atoms with E-state index in [4.69, 9.17) is 5.11 Å². The summed E-state index contributed by atoms with van der Waals surface area (Å²) in [4.78, 5) is 12.2. The summed E-state index contributed by atoms with van der Waals surface area (Å²) in [6, 6.07) is 9.42. The van der Waals surface area contributed by atoms with Gasteiger partial charge in [0.2, 0.25) is 0 Å². The van der Waals surface area contributed by atoms with Gasteiger partial charge in [0.25, 0.3) is 5.91 Å². The lowest BCUT2D eigenvalue weighted by Crippen LogP contribution is -2.16. The van der Waals surface area contributed by atoms with Gasteiger partial charge in [-0.05, 0) is 43.5 Å². The predicted molar refractivity (Wildman–Crippen MR) is 77.7 cm³/mol. The molecule has 5 nitrogen and oxygen atoms in total. The van der Waals surface area contributed by atoms with Crippen molar-refractivity contribution in [3.63, 3.8) is 0 Å². The van der Waals surface area contributed by atoms with Gasteiger partial charge in [-0.3, -0.25) is 9.48 Å². The maximum atomic E-state index is 12.2. The Labute approximate surface area is 118 Å². The summed E-state index contributed by atoms with van der Waals surface area (Å²) >= 11 is 0. The first-order valence-electron chi connectivity index (χ1n) is 6.62. The van der Waals surface area contributed by atoms with Gasteiger partial charge in [0.15, 0.2) is 0 Å². The average Bonchev–Trinajstić information content (AvgIpc) is 2.76. The normalized spacial score (nSPS) is 10.6. The standard InChI is InChI=1S/C15H19N3O2/c1-11-9-14(18(2)17-11)15(20)16-13-7-3-5-12(10-13)6-4-8-19/h3,5,7,9-10,19H,4,6,8H2,1-2H3,(H,16,20). The second-order valence-corrected chi connectivity index (χ2v) is 4.78. The molecule has 0 bridgehead atoms. The van der Waals surface area contributed by atoms with Crippen molar-refractivity contribution in [1.82, 2.24) is 9.78 Å². The molecule has 2 N–H and O–H groups in total. The van der Waals surface area contributed by atoms with Gasteiger partial charge < -0.3 is 10.4 Å². The molecule has 0 spiro atoms. The van der Waals surface area contributed by atoms with Crippen LogP contribution in [0.2, 0.25) is 0 Å². The number of carbonyl (C=O) groups excluding carboxylic acids is 1. The van der Waals surface area contributed by atoms with E-state index < -0.39 is 0 Å². The van der Waals surface area contributed by atoms with E-state index in [1.807, 2.05) is 31.2 Å². The number of hydrogen-bond donors (Lipinski definition) is 2. The number of rotatable bonds is 5. The Balaban J connectivity index is 2.09. The first-order valence-corrected chi connectivity index (χ1v) is 6.62. The molecule has 106 valence electrons. The quantitative estimate of drug-likeness (QED) is 0.874. The fourth-order valence-electron chi connectivity index (χ4n) is 2.11. The van der Waals surface area contributed by atoms with Gasteiger partial charge in [-0.25, -0.2) is 0 Å². The van der Waals surface area contributed by atoms with E-state index in [1.165, 1.54) is 0 Å². The van der Waals surface area contributed by atoms with Crippen LogP contribution in [0.5, 0.6) is 0 Å². The van der Waals surface area contributed by atoms with E-state index in [1.54, 1.807) is 17.8 Å². The Morgan fingerprint density at radius 2 is 2.20 bits per heavy atom. The topological polar surface area (TPSA) is 67.2 Å². The molecule has 0 aliphatic carbocycles. The number of aliphatic hydroxyl groups excluding tert-OH is 1. The predicted octanol–water partition coefficient (Wildman–Crippen LogP) is 1.91. The zero-order valence-electron chi connectivity index (χ0n) is 11.8. The summed E-state index contributed by atoms with van der Waals surface area (Å²) in [7, 11) is 1.75. The maximum absolute atomic E-state index is 12.2. The van der Waals surface area contributed by atoms with Crippen molar-refractivity contribution in [3.8, 4) is 0 Å². The minimum atomic E-state index is -0.174. The number of hydrogen-bond acceptors (Lipinski definition) is 3. The van der Waals surface area contributed by atoms with Gasteiger partial charge >= 0.3 is 0 Å². The molecule has 1 amide bonds. The highest BCUT2D eigenvalue weighted by molar-refractivity contribution is 6.03. The molecular weight excluding hydrogens is 254 g/mol. The molecule has 0 saturated heterocycles. The summed E-state index contributed by atoms with van der Waals surface area (Å²) in [6.07, 6.45) is 1.52. The van der Waals surface area contributed by atoms with E-state index in [0.29, 0.717) is 5.69 Å². The van der Waals surface area contributed by atoms with Gasteiger partial charge in [0.1, 0.15) is 5.69 Å². The van der Waals surface area contributed by atoms with Crippen molar-refractivity contribution in [3.05, 3.63) is 47.3 Å². The molecule has 0 saturated carbocycles. The summed E-state index contributed by atoms with van der Waals surface area (Å²) in [6.45, 7) is 2.02. The Hall–Kier alpha value is -2.14. The van der Waals surface area contributed by atoms with Crippen molar-refractivity contribution in [2.24, 2.45) is 7.05 Å². The van der Waals surface area contributed by atoms with Crippen molar-refractivity contribution in [1.29, 1.82) is 0 Å². The van der Waals surface area contributed by atoms with Crippen LogP contribution in [0.4, 0.5) is 5.69 Å². The molecular formula is C15H19N3O2. The summed E-state index contributed by atoms with van der Waals surface area (Å²) in [5.41, 5.74) is 3.19. The van der Waals surface area contributed by atoms with E-state index in [2.05, 4.69) is 10.4 Å². The number of aromatic nitrogens is 2. The third kappa shape index (κ3) is 3.45. The summed E-state index contributed by atoms with van der Waals surface area (Å²) in [5, 5.41) is 15.9.